The van der Waals surface area contributed by atoms with Gasteiger partial charge in [-0.05, 0) is 24.1 Å². The zero-order valence-corrected chi connectivity index (χ0v) is 10.4. The fourth-order valence-electron chi connectivity index (χ4n) is 1.04. The first-order chi connectivity index (χ1) is 6.63. The highest BCUT2D eigenvalue weighted by atomic mass is 79.9. The van der Waals surface area contributed by atoms with E-state index in [-0.39, 0.29) is 11.8 Å². The maximum absolute atomic E-state index is 10.7. The molecule has 1 atom stereocenters. The van der Waals surface area contributed by atoms with Crippen LogP contribution in [0, 0.1) is 0 Å². The minimum absolute atomic E-state index is 0.228. The summed E-state index contributed by atoms with van der Waals surface area (Å²) >= 11 is 6.28. The third-order valence-corrected chi connectivity index (χ3v) is 2.84. The topological polar surface area (TPSA) is 40.5 Å². The van der Waals surface area contributed by atoms with E-state index in [1.807, 2.05) is 0 Å². The molecule has 0 aliphatic carbocycles. The van der Waals surface area contributed by atoms with Crippen LogP contribution in [0.3, 0.4) is 0 Å². The molecule has 1 aromatic carbocycles. The average Bonchev–Trinajstić information content (AvgIpc) is 2.16. The molecule has 1 N–H and O–H groups in total. The van der Waals surface area contributed by atoms with Crippen molar-refractivity contribution in [3.8, 4) is 5.75 Å². The van der Waals surface area contributed by atoms with Crippen molar-refractivity contribution in [2.24, 2.45) is 0 Å². The van der Waals surface area contributed by atoms with Crippen molar-refractivity contribution in [3.05, 3.63) is 29.8 Å². The van der Waals surface area contributed by atoms with Crippen molar-refractivity contribution in [2.45, 2.75) is 12.5 Å². The Morgan fingerprint density at radius 2 is 1.93 bits per heavy atom. The van der Waals surface area contributed by atoms with Gasteiger partial charge in [0.25, 0.3) is 0 Å². The van der Waals surface area contributed by atoms with Gasteiger partial charge < -0.3 is 9.90 Å². The quantitative estimate of drug-likeness (QED) is 0.683. The van der Waals surface area contributed by atoms with E-state index >= 15 is 0 Å². The Kier molecular flexibility index (Phi) is 4.57. The first kappa shape index (κ1) is 11.7. The van der Waals surface area contributed by atoms with Crippen LogP contribution in [0.25, 0.3) is 0 Å². The second-order valence-corrected chi connectivity index (χ2v) is 5.31. The van der Waals surface area contributed by atoms with Crippen LogP contribution in [-0.4, -0.2) is 20.4 Å². The Hall–Kier alpha value is -0.390. The lowest BCUT2D eigenvalue weighted by Gasteiger charge is -2.13. The number of carbonyl (C=O) groups excluding carboxylic acids is 1. The van der Waals surface area contributed by atoms with E-state index in [9.17, 15) is 4.79 Å². The summed E-state index contributed by atoms with van der Waals surface area (Å²) in [6, 6.07) is 6.51. The van der Waals surface area contributed by atoms with Crippen LogP contribution < -0.4 is 0 Å². The summed E-state index contributed by atoms with van der Waals surface area (Å²) in [7, 11) is 0. The first-order valence-electron chi connectivity index (χ1n) is 3.97. The van der Waals surface area contributed by atoms with Gasteiger partial charge in [-0.25, -0.2) is 0 Å². The summed E-state index contributed by atoms with van der Waals surface area (Å²) in [4.78, 5) is 10.7. The minimum Gasteiger partial charge on any atom is -0.508 e. The fraction of sp³-hybridized carbons (Fsp3) is 0.222. The van der Waals surface area contributed by atoms with Gasteiger partial charge in [-0.1, -0.05) is 12.1 Å². The average molecular weight is 323 g/mol. The number of aromatic hydroxyl groups is 1. The van der Waals surface area contributed by atoms with Crippen LogP contribution in [0.4, 0.5) is 0 Å². The van der Waals surface area contributed by atoms with Crippen LogP contribution >= 0.6 is 32.3 Å². The van der Waals surface area contributed by atoms with E-state index in [1.54, 1.807) is 24.3 Å². The summed E-state index contributed by atoms with van der Waals surface area (Å²) in [6.45, 7) is 0. The number of hydrogen-bond donors (Lipinski definition) is 1. The number of carbonyl (C=O) groups is 1. The lowest BCUT2D eigenvalue weighted by atomic mass is 10.1. The molecule has 0 unspecified atom stereocenters. The SMILES string of the molecule is O=C[C@H](Cc1ccc(O)cc1)N(Br)Br. The number of rotatable bonds is 4. The summed E-state index contributed by atoms with van der Waals surface area (Å²) in [6.07, 6.45) is 1.43. The van der Waals surface area contributed by atoms with Crippen LogP contribution in [0.15, 0.2) is 24.3 Å². The summed E-state index contributed by atoms with van der Waals surface area (Å²) in [5.41, 5.74) is 0.990. The van der Waals surface area contributed by atoms with Crippen molar-refractivity contribution in [2.75, 3.05) is 0 Å². The Labute approximate surface area is 99.4 Å². The minimum atomic E-state index is -0.264. The third kappa shape index (κ3) is 3.40. The van der Waals surface area contributed by atoms with Gasteiger partial charge in [-0.3, -0.25) is 0 Å². The van der Waals surface area contributed by atoms with Gasteiger partial charge in [-0.2, -0.15) is 2.95 Å². The summed E-state index contributed by atoms with van der Waals surface area (Å²) in [5, 5.41) is 9.06. The smallest absolute Gasteiger partial charge is 0.139 e. The van der Waals surface area contributed by atoms with Gasteiger partial charge in [0.1, 0.15) is 12.0 Å². The zero-order valence-electron chi connectivity index (χ0n) is 7.23. The van der Waals surface area contributed by atoms with Gasteiger partial charge in [0, 0.05) is 32.3 Å². The van der Waals surface area contributed by atoms with Crippen LogP contribution in [0.1, 0.15) is 5.56 Å². The molecule has 1 rings (SSSR count). The number of halogens is 2. The van der Waals surface area contributed by atoms with Gasteiger partial charge in [0.2, 0.25) is 0 Å². The Morgan fingerprint density at radius 3 is 2.36 bits per heavy atom. The molecule has 1 aromatic rings. The van der Waals surface area contributed by atoms with E-state index in [0.29, 0.717) is 6.42 Å². The molecule has 76 valence electrons. The fourth-order valence-corrected chi connectivity index (χ4v) is 1.52. The van der Waals surface area contributed by atoms with E-state index in [0.717, 1.165) is 11.8 Å². The van der Waals surface area contributed by atoms with Crippen molar-refractivity contribution in [1.82, 2.24) is 2.95 Å². The maximum atomic E-state index is 10.7. The van der Waals surface area contributed by atoms with Crippen molar-refractivity contribution in [1.29, 1.82) is 0 Å². The molecule has 3 nitrogen and oxygen atoms in total. The molecule has 0 radical (unpaired) electrons. The first-order valence-corrected chi connectivity index (χ1v) is 5.39. The number of benzene rings is 1. The number of hydrogen-bond acceptors (Lipinski definition) is 3. The molecule has 0 aliphatic heterocycles. The Morgan fingerprint density at radius 1 is 1.36 bits per heavy atom. The molecule has 0 amide bonds. The van der Waals surface area contributed by atoms with Gasteiger partial charge in [0.15, 0.2) is 0 Å². The zero-order chi connectivity index (χ0) is 10.6. The molecule has 5 heteroatoms. The van der Waals surface area contributed by atoms with E-state index < -0.39 is 0 Å². The predicted octanol–water partition coefficient (Wildman–Crippen LogP) is 2.42. The molecule has 0 aliphatic rings. The third-order valence-electron chi connectivity index (χ3n) is 1.79. The van der Waals surface area contributed by atoms with Gasteiger partial charge >= 0.3 is 0 Å². The van der Waals surface area contributed by atoms with Crippen LogP contribution in [-0.2, 0) is 11.2 Å². The van der Waals surface area contributed by atoms with E-state index in [2.05, 4.69) is 32.3 Å². The van der Waals surface area contributed by atoms with E-state index in [4.69, 9.17) is 5.11 Å². The highest BCUT2D eigenvalue weighted by molar-refractivity contribution is 9.21. The lowest BCUT2D eigenvalue weighted by Crippen LogP contribution is -2.22. The van der Waals surface area contributed by atoms with Gasteiger partial charge in [0.05, 0.1) is 6.04 Å². The number of phenolic OH excluding ortho intramolecular Hbond substituents is 1. The largest absolute Gasteiger partial charge is 0.508 e. The molecule has 0 fully saturated rings. The molecule has 0 aromatic heterocycles. The van der Waals surface area contributed by atoms with E-state index in [1.165, 1.54) is 2.95 Å². The second-order valence-electron chi connectivity index (χ2n) is 2.83. The molecule has 0 spiro atoms. The molecule has 0 saturated heterocycles. The molecule has 14 heavy (non-hydrogen) atoms. The molecule has 0 heterocycles. The predicted molar refractivity (Wildman–Crippen MR) is 61.4 cm³/mol. The number of aldehydes is 1. The number of phenols is 1. The Bertz CT molecular complexity index is 300. The Balaban J connectivity index is 2.67. The summed E-state index contributed by atoms with van der Waals surface area (Å²) < 4.78 is 1.50. The summed E-state index contributed by atoms with van der Waals surface area (Å²) in [5.74, 6) is 0.228. The maximum Gasteiger partial charge on any atom is 0.139 e. The normalized spacial score (nSPS) is 12.8. The molecule has 0 bridgehead atoms. The highest BCUT2D eigenvalue weighted by Gasteiger charge is 2.13. The lowest BCUT2D eigenvalue weighted by molar-refractivity contribution is -0.109. The van der Waals surface area contributed by atoms with Gasteiger partial charge in [-0.15, -0.1) is 0 Å². The van der Waals surface area contributed by atoms with Crippen molar-refractivity contribution < 1.29 is 9.90 Å². The standard InChI is InChI=1S/C9H9Br2NO2/c10-12(11)8(6-13)5-7-1-3-9(14)4-2-7/h1-4,6,8,14H,5H2/t8-/m0/s1. The number of nitrogens with zero attached hydrogens (tertiary/aromatic N) is 1. The van der Waals surface area contributed by atoms with Crippen LogP contribution in [0.2, 0.25) is 0 Å². The molecular formula is C9H9Br2NO2. The van der Waals surface area contributed by atoms with Crippen molar-refractivity contribution in [3.63, 3.8) is 0 Å². The highest BCUT2D eigenvalue weighted by Crippen LogP contribution is 2.17. The van der Waals surface area contributed by atoms with Crippen molar-refractivity contribution >= 4 is 38.6 Å². The second kappa shape index (κ2) is 5.48. The van der Waals surface area contributed by atoms with Crippen LogP contribution in [0.5, 0.6) is 5.75 Å². The molecular weight excluding hydrogens is 314 g/mol. The molecule has 0 saturated carbocycles. The monoisotopic (exact) mass is 321 g/mol.